The van der Waals surface area contributed by atoms with Crippen LogP contribution in [0.2, 0.25) is 0 Å². The smallest absolute Gasteiger partial charge is 0.319 e. The molecule has 3 aromatic rings. The zero-order valence-corrected chi connectivity index (χ0v) is 20.7. The van der Waals surface area contributed by atoms with Crippen molar-refractivity contribution in [1.29, 1.82) is 0 Å². The molecule has 0 radical (unpaired) electrons. The fourth-order valence-corrected chi connectivity index (χ4v) is 4.70. The summed E-state index contributed by atoms with van der Waals surface area (Å²) in [4.78, 5) is 19.5. The fourth-order valence-electron chi connectivity index (χ4n) is 3.97. The van der Waals surface area contributed by atoms with Gasteiger partial charge in [-0.3, -0.25) is 0 Å². The Kier molecular flexibility index (Phi) is 7.84. The van der Waals surface area contributed by atoms with Gasteiger partial charge in [0.15, 0.2) is 0 Å². The minimum atomic E-state index is -0.240. The van der Waals surface area contributed by atoms with Crippen LogP contribution in [0.1, 0.15) is 29.8 Å². The van der Waals surface area contributed by atoms with Crippen molar-refractivity contribution in [3.63, 3.8) is 0 Å². The summed E-state index contributed by atoms with van der Waals surface area (Å²) < 4.78 is 15.1. The molecule has 2 N–H and O–H groups in total. The Balaban J connectivity index is 1.22. The Morgan fingerprint density at radius 3 is 2.59 bits per heavy atom. The van der Waals surface area contributed by atoms with Gasteiger partial charge >= 0.3 is 6.03 Å². The van der Waals surface area contributed by atoms with Gasteiger partial charge in [0.05, 0.1) is 19.9 Å². The maximum Gasteiger partial charge on any atom is 0.319 e. The van der Waals surface area contributed by atoms with Crippen LogP contribution in [0, 0.1) is 12.8 Å². The van der Waals surface area contributed by atoms with E-state index in [1.165, 1.54) is 22.7 Å². The van der Waals surface area contributed by atoms with Crippen molar-refractivity contribution < 1.29 is 14.3 Å². The van der Waals surface area contributed by atoms with Gasteiger partial charge in [-0.25, -0.2) is 9.78 Å². The summed E-state index contributed by atoms with van der Waals surface area (Å²) in [6.45, 7) is 4.55. The summed E-state index contributed by atoms with van der Waals surface area (Å²) in [5, 5.41) is 6.83. The lowest BCUT2D eigenvalue weighted by Crippen LogP contribution is -2.39. The topological polar surface area (TPSA) is 88.6 Å². The average Bonchev–Trinajstić information content (AvgIpc) is 3.33. The molecule has 4 rings (SSSR count). The highest BCUT2D eigenvalue weighted by atomic mass is 32.1. The molecule has 180 valence electrons. The number of nitrogens with zero attached hydrogens (tertiary/aromatic N) is 3. The number of aryl methyl sites for hydroxylation is 1. The van der Waals surface area contributed by atoms with E-state index in [-0.39, 0.29) is 6.03 Å². The number of nitrogens with one attached hydrogen (secondary N) is 2. The number of carbonyl (C=O) groups excluding carboxylic acids is 1. The van der Waals surface area contributed by atoms with Crippen LogP contribution in [0.4, 0.5) is 15.6 Å². The van der Waals surface area contributed by atoms with E-state index in [0.717, 1.165) is 43.3 Å². The first-order valence-corrected chi connectivity index (χ1v) is 12.2. The highest BCUT2D eigenvalue weighted by Gasteiger charge is 2.22. The summed E-state index contributed by atoms with van der Waals surface area (Å²) in [6, 6.07) is 13.6. The van der Waals surface area contributed by atoms with Gasteiger partial charge in [0.25, 0.3) is 0 Å². The van der Waals surface area contributed by atoms with E-state index in [4.69, 9.17) is 14.5 Å². The second-order valence-corrected chi connectivity index (χ2v) is 9.22. The van der Waals surface area contributed by atoms with E-state index in [2.05, 4.69) is 51.1 Å². The molecule has 8 nitrogen and oxygen atoms in total. The van der Waals surface area contributed by atoms with Crippen molar-refractivity contribution in [2.24, 2.45) is 5.92 Å². The van der Waals surface area contributed by atoms with Crippen molar-refractivity contribution in [2.45, 2.75) is 26.2 Å². The number of aromatic nitrogens is 2. The molecule has 0 spiro atoms. The molecule has 1 aromatic heterocycles. The van der Waals surface area contributed by atoms with Gasteiger partial charge in [-0.1, -0.05) is 29.8 Å². The fraction of sp³-hybridized carbons (Fsp3) is 0.400. The zero-order valence-electron chi connectivity index (χ0n) is 19.8. The van der Waals surface area contributed by atoms with Crippen molar-refractivity contribution >= 4 is 28.4 Å². The van der Waals surface area contributed by atoms with Crippen LogP contribution in [0.25, 0.3) is 0 Å². The Labute approximate surface area is 204 Å². The van der Waals surface area contributed by atoms with Gasteiger partial charge in [0, 0.05) is 43.7 Å². The molecule has 2 aromatic carbocycles. The first-order chi connectivity index (χ1) is 16.5. The molecule has 1 saturated heterocycles. The lowest BCUT2D eigenvalue weighted by molar-refractivity contribution is 0.248. The van der Waals surface area contributed by atoms with Gasteiger partial charge in [-0.2, -0.15) is 4.37 Å². The van der Waals surface area contributed by atoms with E-state index in [9.17, 15) is 4.79 Å². The molecule has 0 bridgehead atoms. The maximum absolute atomic E-state index is 12.4. The largest absolute Gasteiger partial charge is 0.497 e. The molecule has 0 aliphatic carbocycles. The number of hydrogen-bond donors (Lipinski definition) is 2. The summed E-state index contributed by atoms with van der Waals surface area (Å²) in [7, 11) is 3.16. The molecule has 1 fully saturated rings. The SMILES string of the molecule is COc1ccc(NC(=O)NCC2CCN(c3nc(Cc4ccc(C)cc4)ns3)CC2)c(OC)c1. The van der Waals surface area contributed by atoms with Crippen molar-refractivity contribution in [3.8, 4) is 11.5 Å². The Morgan fingerprint density at radius 2 is 1.88 bits per heavy atom. The molecule has 1 aliphatic heterocycles. The molecular formula is C25H31N5O3S. The standard InChI is InChI=1S/C25H31N5O3S/c1-17-4-6-18(7-5-17)14-23-28-25(34-29-23)30-12-10-19(11-13-30)16-26-24(31)27-21-9-8-20(32-2)15-22(21)33-3/h4-9,15,19H,10-14,16H2,1-3H3,(H2,26,27,31). The van der Waals surface area contributed by atoms with Gasteiger partial charge in [-0.15, -0.1) is 0 Å². The van der Waals surface area contributed by atoms with E-state index < -0.39 is 0 Å². The average molecular weight is 482 g/mol. The maximum atomic E-state index is 12.4. The molecule has 2 heterocycles. The highest BCUT2D eigenvalue weighted by Crippen LogP contribution is 2.29. The quantitative estimate of drug-likeness (QED) is 0.493. The van der Waals surface area contributed by atoms with Gasteiger partial charge in [0.2, 0.25) is 5.13 Å². The van der Waals surface area contributed by atoms with Crippen molar-refractivity contribution in [2.75, 3.05) is 44.1 Å². The zero-order chi connectivity index (χ0) is 23.9. The molecular weight excluding hydrogens is 450 g/mol. The number of piperidine rings is 1. The number of hydrogen-bond acceptors (Lipinski definition) is 7. The number of anilines is 2. The Bertz CT molecular complexity index is 1090. The van der Waals surface area contributed by atoms with Gasteiger partial charge in [-0.05, 0) is 43.4 Å². The number of methoxy groups -OCH3 is 2. The van der Waals surface area contributed by atoms with Crippen LogP contribution in [-0.4, -0.2) is 49.2 Å². The van der Waals surface area contributed by atoms with Gasteiger partial charge in [0.1, 0.15) is 17.3 Å². The number of benzene rings is 2. The van der Waals surface area contributed by atoms with Crippen molar-refractivity contribution in [1.82, 2.24) is 14.7 Å². The number of rotatable bonds is 8. The normalized spacial score (nSPS) is 14.0. The summed E-state index contributed by atoms with van der Waals surface area (Å²) in [5.74, 6) is 2.53. The van der Waals surface area contributed by atoms with Crippen LogP contribution < -0.4 is 25.0 Å². The number of carbonyl (C=O) groups is 1. The van der Waals surface area contributed by atoms with E-state index in [0.29, 0.717) is 29.6 Å². The molecule has 34 heavy (non-hydrogen) atoms. The van der Waals surface area contributed by atoms with Crippen LogP contribution >= 0.6 is 11.5 Å². The summed E-state index contributed by atoms with van der Waals surface area (Å²) >= 11 is 1.47. The lowest BCUT2D eigenvalue weighted by atomic mass is 9.97. The van der Waals surface area contributed by atoms with Crippen LogP contribution in [0.5, 0.6) is 11.5 Å². The van der Waals surface area contributed by atoms with E-state index in [1.54, 1.807) is 32.4 Å². The molecule has 0 atom stereocenters. The molecule has 9 heteroatoms. The second-order valence-electron chi connectivity index (χ2n) is 8.49. The minimum absolute atomic E-state index is 0.240. The van der Waals surface area contributed by atoms with Crippen molar-refractivity contribution in [3.05, 3.63) is 59.4 Å². The summed E-state index contributed by atoms with van der Waals surface area (Å²) in [6.07, 6.45) is 2.75. The summed E-state index contributed by atoms with van der Waals surface area (Å²) in [5.41, 5.74) is 3.09. The first kappa shape index (κ1) is 23.8. The molecule has 1 aliphatic rings. The van der Waals surface area contributed by atoms with Crippen LogP contribution in [0.15, 0.2) is 42.5 Å². The van der Waals surface area contributed by atoms with Crippen LogP contribution in [-0.2, 0) is 6.42 Å². The number of ether oxygens (including phenoxy) is 2. The highest BCUT2D eigenvalue weighted by molar-refractivity contribution is 7.09. The van der Waals surface area contributed by atoms with Gasteiger partial charge < -0.3 is 25.0 Å². The molecule has 0 unspecified atom stereocenters. The third-order valence-electron chi connectivity index (χ3n) is 6.03. The van der Waals surface area contributed by atoms with E-state index >= 15 is 0 Å². The third-order valence-corrected chi connectivity index (χ3v) is 6.85. The predicted octanol–water partition coefficient (Wildman–Crippen LogP) is 4.49. The minimum Gasteiger partial charge on any atom is -0.497 e. The predicted molar refractivity (Wildman–Crippen MR) is 135 cm³/mol. The Morgan fingerprint density at radius 1 is 1.12 bits per heavy atom. The number of urea groups is 1. The molecule has 2 amide bonds. The molecule has 0 saturated carbocycles. The second kappa shape index (κ2) is 11.2. The first-order valence-electron chi connectivity index (χ1n) is 11.4. The lowest BCUT2D eigenvalue weighted by Gasteiger charge is -2.31. The Hall–Kier alpha value is -3.33. The van der Waals surface area contributed by atoms with Crippen LogP contribution in [0.3, 0.4) is 0 Å². The third kappa shape index (κ3) is 6.17. The monoisotopic (exact) mass is 481 g/mol. The number of amides is 2. The van der Waals surface area contributed by atoms with E-state index in [1.807, 2.05) is 0 Å².